The number of unbranched alkanes of at least 4 members (excludes halogenated alkanes) is 4. The van der Waals surface area contributed by atoms with Gasteiger partial charge >= 0.3 is 0 Å². The van der Waals surface area contributed by atoms with Crippen LogP contribution in [0.25, 0.3) is 0 Å². The smallest absolute Gasteiger partial charge is 0.155 e. The van der Waals surface area contributed by atoms with E-state index in [0.29, 0.717) is 10.8 Å². The summed E-state index contributed by atoms with van der Waals surface area (Å²) in [5.41, 5.74) is 1.13. The maximum atomic E-state index is 12.0. The molecule has 0 spiro atoms. The highest BCUT2D eigenvalue weighted by molar-refractivity contribution is 7.92. The molecule has 0 N–H and O–H groups in total. The molecule has 0 aliphatic heterocycles. The maximum Gasteiger partial charge on any atom is 0.155 e. The summed E-state index contributed by atoms with van der Waals surface area (Å²) in [4.78, 5) is 0. The Morgan fingerprint density at radius 1 is 0.955 bits per heavy atom. The lowest BCUT2D eigenvalue weighted by atomic mass is 10.1. The predicted molar refractivity (Wildman–Crippen MR) is 96.8 cm³/mol. The molecule has 0 saturated carbocycles. The van der Waals surface area contributed by atoms with Crippen LogP contribution in [0.2, 0.25) is 10.0 Å². The van der Waals surface area contributed by atoms with Crippen LogP contribution in [-0.4, -0.2) is 18.9 Å². The van der Waals surface area contributed by atoms with Crippen LogP contribution < -0.4 is 0 Å². The lowest BCUT2D eigenvalue weighted by Crippen LogP contribution is -2.30. The van der Waals surface area contributed by atoms with Crippen molar-refractivity contribution in [1.82, 2.24) is 0 Å². The van der Waals surface area contributed by atoms with E-state index < -0.39 is 14.6 Å². The lowest BCUT2D eigenvalue weighted by Gasteiger charge is -2.18. The second kappa shape index (κ2) is 8.56. The monoisotopic (exact) mass is 364 g/mol. The van der Waals surface area contributed by atoms with Gasteiger partial charge in [-0.25, -0.2) is 8.42 Å². The van der Waals surface area contributed by atoms with Gasteiger partial charge < -0.3 is 0 Å². The molecule has 0 amide bonds. The molecule has 0 unspecified atom stereocenters. The van der Waals surface area contributed by atoms with E-state index in [1.807, 2.05) is 12.1 Å². The minimum atomic E-state index is -2.97. The molecule has 0 saturated heterocycles. The normalized spacial score (nSPS) is 12.6. The molecule has 0 heterocycles. The number of aryl methyl sites for hydroxylation is 1. The molecule has 0 atom stereocenters. The summed E-state index contributed by atoms with van der Waals surface area (Å²) >= 11 is 12.0. The first-order valence-electron chi connectivity index (χ1n) is 7.80. The quantitative estimate of drug-likeness (QED) is 0.554. The molecule has 0 aliphatic carbocycles. The van der Waals surface area contributed by atoms with E-state index in [4.69, 9.17) is 23.2 Å². The van der Waals surface area contributed by atoms with Crippen LogP contribution in [0, 0.1) is 0 Å². The third-order valence-corrected chi connectivity index (χ3v) is 7.09. The van der Waals surface area contributed by atoms with Crippen molar-refractivity contribution in [1.29, 1.82) is 0 Å². The molecule has 1 aromatic carbocycles. The summed E-state index contributed by atoms with van der Waals surface area (Å²) in [6.07, 6.45) is 5.87. The third kappa shape index (κ3) is 6.47. The van der Waals surface area contributed by atoms with Gasteiger partial charge in [0.15, 0.2) is 9.84 Å². The number of rotatable bonds is 8. The Balaban J connectivity index is 2.19. The maximum absolute atomic E-state index is 12.0. The summed E-state index contributed by atoms with van der Waals surface area (Å²) in [6, 6.07) is 5.61. The number of benzene rings is 1. The summed E-state index contributed by atoms with van der Waals surface area (Å²) in [5, 5.41) is 1.39. The number of hydrogen-bond donors (Lipinski definition) is 0. The number of hydrogen-bond acceptors (Lipinski definition) is 2. The van der Waals surface area contributed by atoms with Crippen molar-refractivity contribution in [2.24, 2.45) is 0 Å². The van der Waals surface area contributed by atoms with Crippen LogP contribution in [0.4, 0.5) is 0 Å². The van der Waals surface area contributed by atoms with Gasteiger partial charge in [-0.3, -0.25) is 0 Å². The van der Waals surface area contributed by atoms with Gasteiger partial charge in [-0.2, -0.15) is 0 Å². The van der Waals surface area contributed by atoms with Crippen molar-refractivity contribution < 1.29 is 8.42 Å². The molecule has 2 nitrogen and oxygen atoms in total. The minimum Gasteiger partial charge on any atom is -0.228 e. The van der Waals surface area contributed by atoms with Crippen molar-refractivity contribution in [2.45, 2.75) is 64.0 Å². The zero-order chi connectivity index (χ0) is 16.8. The van der Waals surface area contributed by atoms with Crippen molar-refractivity contribution >= 4 is 33.0 Å². The molecule has 0 bridgehead atoms. The van der Waals surface area contributed by atoms with Gasteiger partial charge in [0, 0.05) is 10.0 Å². The molecule has 22 heavy (non-hydrogen) atoms. The Hall–Kier alpha value is -0.250. The van der Waals surface area contributed by atoms with Gasteiger partial charge in [-0.15, -0.1) is 0 Å². The van der Waals surface area contributed by atoms with Crippen LogP contribution in [0.1, 0.15) is 58.4 Å². The molecule has 0 radical (unpaired) electrons. The highest BCUT2D eigenvalue weighted by Gasteiger charge is 2.27. The van der Waals surface area contributed by atoms with Crippen molar-refractivity contribution in [3.05, 3.63) is 33.8 Å². The molecule has 0 aromatic heterocycles. The summed E-state index contributed by atoms with van der Waals surface area (Å²) in [5.74, 6) is 0.291. The van der Waals surface area contributed by atoms with Crippen LogP contribution in [0.5, 0.6) is 0 Å². The highest BCUT2D eigenvalue weighted by Crippen LogP contribution is 2.23. The molecule has 1 rings (SSSR count). The van der Waals surface area contributed by atoms with Gasteiger partial charge in [0.25, 0.3) is 0 Å². The van der Waals surface area contributed by atoms with Gasteiger partial charge in [0.05, 0.1) is 10.5 Å². The van der Waals surface area contributed by atoms with Gasteiger partial charge in [-0.1, -0.05) is 48.5 Å². The molecule has 0 aliphatic rings. The van der Waals surface area contributed by atoms with Crippen LogP contribution in [0.15, 0.2) is 18.2 Å². The van der Waals surface area contributed by atoms with E-state index in [1.165, 1.54) is 0 Å². The predicted octanol–water partition coefficient (Wildman–Crippen LogP) is 5.70. The highest BCUT2D eigenvalue weighted by atomic mass is 35.5. The topological polar surface area (TPSA) is 34.1 Å². The van der Waals surface area contributed by atoms with Crippen LogP contribution >= 0.6 is 23.2 Å². The van der Waals surface area contributed by atoms with E-state index in [-0.39, 0.29) is 0 Å². The Morgan fingerprint density at radius 2 is 1.55 bits per heavy atom. The van der Waals surface area contributed by atoms with E-state index in [9.17, 15) is 8.42 Å². The second-order valence-electron chi connectivity index (χ2n) is 6.68. The largest absolute Gasteiger partial charge is 0.228 e. The van der Waals surface area contributed by atoms with Gasteiger partial charge in [0.2, 0.25) is 0 Å². The van der Waals surface area contributed by atoms with Crippen molar-refractivity contribution in [3.8, 4) is 0 Å². The van der Waals surface area contributed by atoms with Crippen molar-refractivity contribution in [2.75, 3.05) is 5.75 Å². The van der Waals surface area contributed by atoms with E-state index in [2.05, 4.69) is 0 Å². The van der Waals surface area contributed by atoms with E-state index >= 15 is 0 Å². The lowest BCUT2D eigenvalue weighted by molar-refractivity contribution is 0.552. The standard InChI is InChI=1S/C17H26Cl2O2S/c1-17(2,3)22(20,21)12-8-6-4-5-7-9-14-10-11-15(18)13-16(14)19/h10-11,13H,4-9,12H2,1-3H3. The fraction of sp³-hybridized carbons (Fsp3) is 0.647. The van der Waals surface area contributed by atoms with Crippen LogP contribution in [0.3, 0.4) is 0 Å². The molecule has 0 fully saturated rings. The first-order valence-corrected chi connectivity index (χ1v) is 10.2. The average Bonchev–Trinajstić information content (AvgIpc) is 2.38. The molecule has 126 valence electrons. The Bertz CT molecular complexity index is 575. The number of halogens is 2. The summed E-state index contributed by atoms with van der Waals surface area (Å²) < 4.78 is 23.3. The Kier molecular flexibility index (Phi) is 7.70. The van der Waals surface area contributed by atoms with Crippen molar-refractivity contribution in [3.63, 3.8) is 0 Å². The Morgan fingerprint density at radius 3 is 2.14 bits per heavy atom. The van der Waals surface area contributed by atoms with Gasteiger partial charge in [-0.05, 0) is 57.7 Å². The molecular formula is C17H26Cl2O2S. The number of sulfone groups is 1. The van der Waals surface area contributed by atoms with Crippen LogP contribution in [-0.2, 0) is 16.3 Å². The van der Waals surface area contributed by atoms with Gasteiger partial charge in [0.1, 0.15) is 0 Å². The zero-order valence-electron chi connectivity index (χ0n) is 13.7. The molecule has 5 heteroatoms. The van der Waals surface area contributed by atoms with E-state index in [1.54, 1.807) is 26.8 Å². The minimum absolute atomic E-state index is 0.291. The third-order valence-electron chi connectivity index (χ3n) is 3.81. The average molecular weight is 365 g/mol. The SMILES string of the molecule is CC(C)(C)S(=O)(=O)CCCCCCCc1ccc(Cl)cc1Cl. The fourth-order valence-electron chi connectivity index (χ4n) is 2.17. The first-order chi connectivity index (χ1) is 10.1. The first kappa shape index (κ1) is 19.8. The fourth-order valence-corrected chi connectivity index (χ4v) is 3.87. The molecular weight excluding hydrogens is 339 g/mol. The Labute approximate surface area is 145 Å². The van der Waals surface area contributed by atoms with E-state index in [0.717, 1.165) is 49.1 Å². The molecule has 1 aromatic rings. The zero-order valence-corrected chi connectivity index (χ0v) is 16.0. The second-order valence-corrected chi connectivity index (χ2v) is 10.4. The summed E-state index contributed by atoms with van der Waals surface area (Å²) in [6.45, 7) is 5.29. The summed E-state index contributed by atoms with van der Waals surface area (Å²) in [7, 11) is -2.97.